The number of aliphatic hydroxyl groups excluding tert-OH is 1. The zero-order valence-corrected chi connectivity index (χ0v) is 17.8. The molecule has 8 unspecified atom stereocenters. The first-order valence-electron chi connectivity index (χ1n) is 11.8. The molecule has 0 aliphatic heterocycles. The Bertz CT molecular complexity index is 550. The van der Waals surface area contributed by atoms with E-state index in [1.54, 1.807) is 5.57 Å². The van der Waals surface area contributed by atoms with Crippen LogP contribution in [0.5, 0.6) is 0 Å². The van der Waals surface area contributed by atoms with Crippen LogP contribution in [0.4, 0.5) is 0 Å². The van der Waals surface area contributed by atoms with Gasteiger partial charge in [-0.25, -0.2) is 0 Å². The van der Waals surface area contributed by atoms with Crippen LogP contribution < -0.4 is 0 Å². The summed E-state index contributed by atoms with van der Waals surface area (Å²) in [4.78, 5) is 0. The zero-order valence-electron chi connectivity index (χ0n) is 17.8. The van der Waals surface area contributed by atoms with E-state index in [2.05, 4.69) is 33.8 Å². The first-order chi connectivity index (χ1) is 12.4. The Balaban J connectivity index is 1.57. The Labute approximate surface area is 162 Å². The van der Waals surface area contributed by atoms with Crippen molar-refractivity contribution in [3.05, 3.63) is 11.6 Å². The minimum absolute atomic E-state index is 0.0606. The number of aliphatic hydroxyl groups is 1. The van der Waals surface area contributed by atoms with Crippen molar-refractivity contribution in [1.82, 2.24) is 0 Å². The predicted octanol–water partition coefficient (Wildman–Crippen LogP) is 6.75. The Morgan fingerprint density at radius 1 is 1.15 bits per heavy atom. The summed E-state index contributed by atoms with van der Waals surface area (Å²) >= 11 is 0. The first kappa shape index (κ1) is 19.0. The van der Waals surface area contributed by atoms with Crippen molar-refractivity contribution in [2.24, 2.45) is 40.4 Å². The van der Waals surface area contributed by atoms with E-state index >= 15 is 0 Å². The molecule has 4 aliphatic rings. The van der Waals surface area contributed by atoms with Crippen LogP contribution in [0.1, 0.15) is 98.3 Å². The van der Waals surface area contributed by atoms with Crippen LogP contribution in [0.2, 0.25) is 0 Å². The summed E-state index contributed by atoms with van der Waals surface area (Å²) in [7, 11) is 0. The second kappa shape index (κ2) is 6.94. The molecule has 26 heavy (non-hydrogen) atoms. The molecule has 0 aromatic carbocycles. The second-order valence-electron chi connectivity index (χ2n) is 11.0. The van der Waals surface area contributed by atoms with E-state index in [1.807, 2.05) is 0 Å². The Hall–Kier alpha value is -0.300. The Morgan fingerprint density at radius 2 is 1.96 bits per heavy atom. The number of allylic oxidation sites excluding steroid dienone is 2. The highest BCUT2D eigenvalue weighted by Crippen LogP contribution is 2.67. The van der Waals surface area contributed by atoms with Gasteiger partial charge < -0.3 is 5.11 Å². The van der Waals surface area contributed by atoms with Crippen molar-refractivity contribution in [2.75, 3.05) is 0 Å². The van der Waals surface area contributed by atoms with Crippen LogP contribution in [0.25, 0.3) is 0 Å². The summed E-state index contributed by atoms with van der Waals surface area (Å²) in [6, 6.07) is 0. The molecule has 0 heterocycles. The highest BCUT2D eigenvalue weighted by atomic mass is 16.3. The largest absolute Gasteiger partial charge is 0.393 e. The summed E-state index contributed by atoms with van der Waals surface area (Å²) in [5.74, 6) is 4.51. The van der Waals surface area contributed by atoms with Gasteiger partial charge in [-0.2, -0.15) is 0 Å². The smallest absolute Gasteiger partial charge is 0.0551 e. The molecule has 0 radical (unpaired) electrons. The number of fused-ring (bicyclic) bond motifs is 5. The first-order valence-corrected chi connectivity index (χ1v) is 11.8. The van der Waals surface area contributed by atoms with Gasteiger partial charge in [0.15, 0.2) is 0 Å². The zero-order chi connectivity index (χ0) is 18.5. The van der Waals surface area contributed by atoms with Crippen LogP contribution in [0, 0.1) is 40.4 Å². The molecule has 148 valence electrons. The van der Waals surface area contributed by atoms with Crippen molar-refractivity contribution in [2.45, 2.75) is 104 Å². The molecule has 0 spiro atoms. The van der Waals surface area contributed by atoms with Crippen LogP contribution in [-0.4, -0.2) is 11.2 Å². The minimum Gasteiger partial charge on any atom is -0.393 e. The van der Waals surface area contributed by atoms with Crippen LogP contribution in [0.15, 0.2) is 11.6 Å². The molecule has 1 N–H and O–H groups in total. The standard InChI is InChI=1S/C25H42O/c1-5-6-7-17(2)21-12-13-22-20-11-9-18-8-10-19(26)16-25(18,4)23(20)14-15-24(21,22)3/h9,17,19-23,26H,5-8,10-16H2,1-4H3. The third kappa shape index (κ3) is 2.83. The third-order valence-electron chi connectivity index (χ3n) is 9.81. The van der Waals surface area contributed by atoms with Gasteiger partial charge in [0.1, 0.15) is 0 Å². The van der Waals surface area contributed by atoms with E-state index in [4.69, 9.17) is 0 Å². The maximum Gasteiger partial charge on any atom is 0.0551 e. The van der Waals surface area contributed by atoms with Gasteiger partial charge in [0.2, 0.25) is 0 Å². The van der Waals surface area contributed by atoms with E-state index in [0.717, 1.165) is 48.9 Å². The predicted molar refractivity (Wildman–Crippen MR) is 110 cm³/mol. The van der Waals surface area contributed by atoms with Gasteiger partial charge >= 0.3 is 0 Å². The van der Waals surface area contributed by atoms with Gasteiger partial charge in [-0.3, -0.25) is 0 Å². The van der Waals surface area contributed by atoms with E-state index in [-0.39, 0.29) is 6.10 Å². The molecule has 0 amide bonds. The van der Waals surface area contributed by atoms with Crippen molar-refractivity contribution < 1.29 is 5.11 Å². The number of unbranched alkanes of at least 4 members (excludes halogenated alkanes) is 1. The molecule has 3 saturated carbocycles. The normalized spacial score (nSPS) is 49.0. The fraction of sp³-hybridized carbons (Fsp3) is 0.920. The van der Waals surface area contributed by atoms with Crippen LogP contribution in [-0.2, 0) is 0 Å². The van der Waals surface area contributed by atoms with E-state index in [9.17, 15) is 5.11 Å². The van der Waals surface area contributed by atoms with Crippen molar-refractivity contribution in [1.29, 1.82) is 0 Å². The molecule has 8 atom stereocenters. The topological polar surface area (TPSA) is 20.2 Å². The minimum atomic E-state index is -0.0606. The van der Waals surface area contributed by atoms with Gasteiger partial charge in [-0.15, -0.1) is 0 Å². The highest BCUT2D eigenvalue weighted by molar-refractivity contribution is 5.25. The quantitative estimate of drug-likeness (QED) is 0.551. The molecule has 0 aromatic heterocycles. The lowest BCUT2D eigenvalue weighted by Gasteiger charge is -2.58. The monoisotopic (exact) mass is 358 g/mol. The van der Waals surface area contributed by atoms with Crippen molar-refractivity contribution >= 4 is 0 Å². The molecule has 3 fully saturated rings. The molecule has 4 rings (SSSR count). The Kier molecular flexibility index (Phi) is 5.08. The third-order valence-corrected chi connectivity index (χ3v) is 9.81. The van der Waals surface area contributed by atoms with E-state index in [1.165, 1.54) is 51.4 Å². The summed E-state index contributed by atoms with van der Waals surface area (Å²) in [5.41, 5.74) is 2.59. The summed E-state index contributed by atoms with van der Waals surface area (Å²) in [6.45, 7) is 10.1. The summed E-state index contributed by atoms with van der Waals surface area (Å²) < 4.78 is 0. The lowest BCUT2D eigenvalue weighted by molar-refractivity contribution is -0.0636. The highest BCUT2D eigenvalue weighted by Gasteiger charge is 2.59. The summed E-state index contributed by atoms with van der Waals surface area (Å²) in [5, 5.41) is 10.4. The van der Waals surface area contributed by atoms with Crippen molar-refractivity contribution in [3.8, 4) is 0 Å². The molecule has 1 nitrogen and oxygen atoms in total. The van der Waals surface area contributed by atoms with Gasteiger partial charge in [0, 0.05) is 0 Å². The van der Waals surface area contributed by atoms with Crippen LogP contribution >= 0.6 is 0 Å². The average Bonchev–Trinajstić information content (AvgIpc) is 2.96. The van der Waals surface area contributed by atoms with Gasteiger partial charge in [0.05, 0.1) is 6.10 Å². The molecular formula is C25H42O. The van der Waals surface area contributed by atoms with Gasteiger partial charge in [-0.05, 0) is 91.8 Å². The maximum atomic E-state index is 10.4. The molecular weight excluding hydrogens is 316 g/mol. The number of hydrogen-bond acceptors (Lipinski definition) is 1. The molecule has 0 bridgehead atoms. The molecule has 0 aromatic rings. The maximum absolute atomic E-state index is 10.4. The number of hydrogen-bond donors (Lipinski definition) is 1. The molecule has 4 aliphatic carbocycles. The fourth-order valence-corrected chi connectivity index (χ4v) is 8.44. The van der Waals surface area contributed by atoms with Gasteiger partial charge in [-0.1, -0.05) is 58.6 Å². The SMILES string of the molecule is CCCCC(C)C1CCC2C3CC=C4CCC(O)CC4(C)C3CCC12C. The second-order valence-corrected chi connectivity index (χ2v) is 11.0. The Morgan fingerprint density at radius 3 is 2.73 bits per heavy atom. The lowest BCUT2D eigenvalue weighted by atomic mass is 9.47. The van der Waals surface area contributed by atoms with Crippen LogP contribution in [0.3, 0.4) is 0 Å². The fourth-order valence-electron chi connectivity index (χ4n) is 8.44. The summed E-state index contributed by atoms with van der Waals surface area (Å²) in [6.07, 6.45) is 17.1. The van der Waals surface area contributed by atoms with Gasteiger partial charge in [0.25, 0.3) is 0 Å². The average molecular weight is 359 g/mol. The van der Waals surface area contributed by atoms with E-state index < -0.39 is 0 Å². The molecule has 1 heteroatoms. The molecule has 0 saturated heterocycles. The lowest BCUT2D eigenvalue weighted by Crippen LogP contribution is -2.51. The number of rotatable bonds is 4. The van der Waals surface area contributed by atoms with Crippen molar-refractivity contribution in [3.63, 3.8) is 0 Å². The van der Waals surface area contributed by atoms with E-state index in [0.29, 0.717) is 10.8 Å².